The summed E-state index contributed by atoms with van der Waals surface area (Å²) in [5.41, 5.74) is 0.984. The van der Waals surface area contributed by atoms with Gasteiger partial charge in [0.1, 0.15) is 0 Å². The lowest BCUT2D eigenvalue weighted by Crippen LogP contribution is -2.41. The Morgan fingerprint density at radius 2 is 2.00 bits per heavy atom. The van der Waals surface area contributed by atoms with Crippen molar-refractivity contribution in [3.63, 3.8) is 0 Å². The lowest BCUT2D eigenvalue weighted by molar-refractivity contribution is 0.135. The summed E-state index contributed by atoms with van der Waals surface area (Å²) in [7, 11) is -3.62. The SMILES string of the molecule is CC(C)CC1CC(c2ccccc2)NS(=O)(=O)O1. The third-order valence-corrected chi connectivity index (χ3v) is 4.08. The molecule has 2 rings (SSSR count). The summed E-state index contributed by atoms with van der Waals surface area (Å²) >= 11 is 0. The third-order valence-electron chi connectivity index (χ3n) is 2.98. The van der Waals surface area contributed by atoms with Crippen molar-refractivity contribution >= 4 is 10.3 Å². The van der Waals surface area contributed by atoms with Crippen LogP contribution < -0.4 is 4.72 Å². The van der Waals surface area contributed by atoms with Crippen LogP contribution in [0.2, 0.25) is 0 Å². The highest BCUT2D eigenvalue weighted by molar-refractivity contribution is 7.84. The van der Waals surface area contributed by atoms with Crippen molar-refractivity contribution in [3.8, 4) is 0 Å². The second-order valence-corrected chi connectivity index (χ2v) is 6.46. The highest BCUT2D eigenvalue weighted by Crippen LogP contribution is 2.29. The second kappa shape index (κ2) is 5.38. The zero-order chi connectivity index (χ0) is 13.2. The van der Waals surface area contributed by atoms with E-state index in [1.165, 1.54) is 0 Å². The molecular formula is C13H19NO3S. The molecule has 1 heterocycles. The first-order chi connectivity index (χ1) is 8.46. The van der Waals surface area contributed by atoms with Crippen molar-refractivity contribution < 1.29 is 12.6 Å². The Balaban J connectivity index is 2.17. The van der Waals surface area contributed by atoms with Gasteiger partial charge >= 0.3 is 10.3 Å². The van der Waals surface area contributed by atoms with Crippen LogP contribution in [0, 0.1) is 5.92 Å². The summed E-state index contributed by atoms with van der Waals surface area (Å²) in [4.78, 5) is 0. The summed E-state index contributed by atoms with van der Waals surface area (Å²) in [5.74, 6) is 0.416. The van der Waals surface area contributed by atoms with Gasteiger partial charge in [0.05, 0.1) is 12.1 Å². The maximum atomic E-state index is 11.7. The van der Waals surface area contributed by atoms with E-state index in [0.29, 0.717) is 12.3 Å². The fourth-order valence-electron chi connectivity index (χ4n) is 2.28. The van der Waals surface area contributed by atoms with Gasteiger partial charge < -0.3 is 0 Å². The van der Waals surface area contributed by atoms with Crippen LogP contribution in [0.3, 0.4) is 0 Å². The van der Waals surface area contributed by atoms with E-state index in [1.807, 2.05) is 30.3 Å². The molecule has 0 amide bonds. The first-order valence-electron chi connectivity index (χ1n) is 6.22. The van der Waals surface area contributed by atoms with E-state index >= 15 is 0 Å². The van der Waals surface area contributed by atoms with Crippen molar-refractivity contribution in [2.45, 2.75) is 38.8 Å². The maximum absolute atomic E-state index is 11.7. The van der Waals surface area contributed by atoms with E-state index in [0.717, 1.165) is 12.0 Å². The fourth-order valence-corrected chi connectivity index (χ4v) is 3.43. The van der Waals surface area contributed by atoms with Crippen LogP contribution in [-0.2, 0) is 14.5 Å². The Morgan fingerprint density at radius 1 is 1.33 bits per heavy atom. The molecule has 0 saturated carbocycles. The highest BCUT2D eigenvalue weighted by atomic mass is 32.2. The molecular weight excluding hydrogens is 250 g/mol. The zero-order valence-electron chi connectivity index (χ0n) is 10.7. The Bertz CT molecular complexity index is 484. The van der Waals surface area contributed by atoms with Crippen molar-refractivity contribution in [1.82, 2.24) is 4.72 Å². The minimum absolute atomic E-state index is 0.186. The van der Waals surface area contributed by atoms with Gasteiger partial charge in [0, 0.05) is 0 Å². The number of benzene rings is 1. The summed E-state index contributed by atoms with van der Waals surface area (Å²) in [6.45, 7) is 4.13. The van der Waals surface area contributed by atoms with Crippen LogP contribution in [0.1, 0.15) is 38.3 Å². The summed E-state index contributed by atoms with van der Waals surface area (Å²) in [6.07, 6.45) is 1.20. The van der Waals surface area contributed by atoms with Crippen LogP contribution in [-0.4, -0.2) is 14.5 Å². The summed E-state index contributed by atoms with van der Waals surface area (Å²) < 4.78 is 31.0. The maximum Gasteiger partial charge on any atom is 0.336 e. The van der Waals surface area contributed by atoms with E-state index < -0.39 is 10.3 Å². The van der Waals surface area contributed by atoms with E-state index in [9.17, 15) is 8.42 Å². The molecule has 2 unspecified atom stereocenters. The van der Waals surface area contributed by atoms with E-state index in [-0.39, 0.29) is 12.1 Å². The number of rotatable bonds is 3. The van der Waals surface area contributed by atoms with Crippen molar-refractivity contribution in [2.75, 3.05) is 0 Å². The third kappa shape index (κ3) is 3.54. The van der Waals surface area contributed by atoms with Gasteiger partial charge in [-0.05, 0) is 24.3 Å². The standard InChI is InChI=1S/C13H19NO3S/c1-10(2)8-12-9-13(14-18(15,16)17-12)11-6-4-3-5-7-11/h3-7,10,12-14H,8-9H2,1-2H3. The molecule has 5 heteroatoms. The topological polar surface area (TPSA) is 55.4 Å². The zero-order valence-corrected chi connectivity index (χ0v) is 11.5. The molecule has 1 aliphatic rings. The smallest absolute Gasteiger partial charge is 0.255 e. The Morgan fingerprint density at radius 3 is 2.61 bits per heavy atom. The molecule has 1 aromatic rings. The quantitative estimate of drug-likeness (QED) is 0.916. The van der Waals surface area contributed by atoms with Gasteiger partial charge in [0.25, 0.3) is 0 Å². The molecule has 1 aromatic carbocycles. The molecule has 18 heavy (non-hydrogen) atoms. The molecule has 1 fully saturated rings. The first-order valence-corrected chi connectivity index (χ1v) is 7.62. The number of hydrogen-bond acceptors (Lipinski definition) is 3. The highest BCUT2D eigenvalue weighted by Gasteiger charge is 2.32. The molecule has 1 N–H and O–H groups in total. The Kier molecular flexibility index (Phi) is 4.04. The largest absolute Gasteiger partial charge is 0.336 e. The van der Waals surface area contributed by atoms with Crippen molar-refractivity contribution in [2.24, 2.45) is 5.92 Å². The van der Waals surface area contributed by atoms with Crippen LogP contribution in [0.15, 0.2) is 30.3 Å². The Hall–Kier alpha value is -0.910. The predicted molar refractivity (Wildman–Crippen MR) is 70.2 cm³/mol. The molecule has 1 aliphatic heterocycles. The molecule has 0 spiro atoms. The number of hydrogen-bond donors (Lipinski definition) is 1. The normalized spacial score (nSPS) is 27.3. The van der Waals surface area contributed by atoms with E-state index in [2.05, 4.69) is 18.6 Å². The fraction of sp³-hybridized carbons (Fsp3) is 0.538. The molecule has 0 aliphatic carbocycles. The van der Waals surface area contributed by atoms with Gasteiger partial charge in [-0.1, -0.05) is 44.2 Å². The van der Waals surface area contributed by atoms with Crippen molar-refractivity contribution in [1.29, 1.82) is 0 Å². The van der Waals surface area contributed by atoms with E-state index in [1.54, 1.807) is 0 Å². The monoisotopic (exact) mass is 269 g/mol. The lowest BCUT2D eigenvalue weighted by atomic mass is 9.96. The van der Waals surface area contributed by atoms with Gasteiger partial charge in [-0.25, -0.2) is 0 Å². The Labute approximate surface area is 109 Å². The first kappa shape index (κ1) is 13.5. The average molecular weight is 269 g/mol. The molecule has 4 nitrogen and oxygen atoms in total. The van der Waals surface area contributed by atoms with Crippen LogP contribution in [0.4, 0.5) is 0 Å². The van der Waals surface area contributed by atoms with Gasteiger partial charge in [-0.2, -0.15) is 13.1 Å². The number of nitrogens with one attached hydrogen (secondary N) is 1. The molecule has 0 radical (unpaired) electrons. The predicted octanol–water partition coefficient (Wildman–Crippen LogP) is 2.40. The van der Waals surface area contributed by atoms with Crippen LogP contribution >= 0.6 is 0 Å². The molecule has 0 bridgehead atoms. The van der Waals surface area contributed by atoms with Gasteiger partial charge in [-0.15, -0.1) is 0 Å². The van der Waals surface area contributed by atoms with E-state index in [4.69, 9.17) is 4.18 Å². The summed E-state index contributed by atoms with van der Waals surface area (Å²) in [5, 5.41) is 0. The van der Waals surface area contributed by atoms with Gasteiger partial charge in [0.2, 0.25) is 0 Å². The van der Waals surface area contributed by atoms with Crippen LogP contribution in [0.25, 0.3) is 0 Å². The second-order valence-electron chi connectivity index (χ2n) is 5.12. The minimum Gasteiger partial charge on any atom is -0.255 e. The molecule has 100 valence electrons. The average Bonchev–Trinajstić information content (AvgIpc) is 2.27. The van der Waals surface area contributed by atoms with Crippen LogP contribution in [0.5, 0.6) is 0 Å². The van der Waals surface area contributed by atoms with Gasteiger partial charge in [-0.3, -0.25) is 4.18 Å². The summed E-state index contributed by atoms with van der Waals surface area (Å²) in [6, 6.07) is 9.43. The van der Waals surface area contributed by atoms with Gasteiger partial charge in [0.15, 0.2) is 0 Å². The molecule has 1 saturated heterocycles. The molecule has 2 atom stereocenters. The minimum atomic E-state index is -3.62. The molecule has 0 aromatic heterocycles. The van der Waals surface area contributed by atoms with Crippen molar-refractivity contribution in [3.05, 3.63) is 35.9 Å². The lowest BCUT2D eigenvalue weighted by Gasteiger charge is -2.30.